The molecule has 2 aromatic carbocycles. The lowest BCUT2D eigenvalue weighted by Gasteiger charge is -2.14. The van der Waals surface area contributed by atoms with Gasteiger partial charge in [-0.25, -0.2) is 0 Å². The third-order valence-electron chi connectivity index (χ3n) is 4.85. The predicted octanol–water partition coefficient (Wildman–Crippen LogP) is 3.96. The van der Waals surface area contributed by atoms with Gasteiger partial charge in [0, 0.05) is 12.8 Å². The molecule has 32 heavy (non-hydrogen) atoms. The summed E-state index contributed by atoms with van der Waals surface area (Å²) in [4.78, 5) is 27.5. The van der Waals surface area contributed by atoms with Crippen LogP contribution in [0.1, 0.15) is 26.3 Å². The summed E-state index contributed by atoms with van der Waals surface area (Å²) in [5.74, 6) is 1.13. The van der Waals surface area contributed by atoms with Crippen LogP contribution >= 0.6 is 0 Å². The third kappa shape index (κ3) is 5.48. The first-order valence-corrected chi connectivity index (χ1v) is 10.8. The number of hydrogen-bond donors (Lipinski definition) is 1. The lowest BCUT2D eigenvalue weighted by Crippen LogP contribution is -2.35. The summed E-state index contributed by atoms with van der Waals surface area (Å²) in [6.45, 7) is 7.70. The number of methoxy groups -OCH3 is 1. The van der Waals surface area contributed by atoms with Gasteiger partial charge in [0.15, 0.2) is 0 Å². The molecule has 0 unspecified atom stereocenters. The Kier molecular flexibility index (Phi) is 7.89. The summed E-state index contributed by atoms with van der Waals surface area (Å²) >= 11 is 0. The number of benzene rings is 2. The van der Waals surface area contributed by atoms with E-state index in [1.807, 2.05) is 43.3 Å². The fourth-order valence-electron chi connectivity index (χ4n) is 3.27. The quantitative estimate of drug-likeness (QED) is 0.535. The van der Waals surface area contributed by atoms with E-state index < -0.39 is 0 Å². The van der Waals surface area contributed by atoms with Crippen molar-refractivity contribution in [3.8, 4) is 11.5 Å². The van der Waals surface area contributed by atoms with Gasteiger partial charge in [0.2, 0.25) is 0 Å². The van der Waals surface area contributed by atoms with E-state index in [-0.39, 0.29) is 30.7 Å². The Bertz CT molecular complexity index is 965. The van der Waals surface area contributed by atoms with Crippen molar-refractivity contribution in [3.05, 3.63) is 59.8 Å². The second-order valence-electron chi connectivity index (χ2n) is 7.82. The Labute approximate surface area is 189 Å². The Morgan fingerprint density at radius 3 is 2.12 bits per heavy atom. The van der Waals surface area contributed by atoms with Crippen molar-refractivity contribution >= 4 is 23.1 Å². The highest BCUT2D eigenvalue weighted by Crippen LogP contribution is 2.31. The number of anilines is 1. The first-order valence-electron chi connectivity index (χ1n) is 10.8. The van der Waals surface area contributed by atoms with Gasteiger partial charge in [0.25, 0.3) is 11.8 Å². The molecule has 0 saturated heterocycles. The maximum absolute atomic E-state index is 13.2. The van der Waals surface area contributed by atoms with Gasteiger partial charge in [-0.2, -0.15) is 0 Å². The van der Waals surface area contributed by atoms with Crippen LogP contribution in [0, 0.1) is 5.92 Å². The van der Waals surface area contributed by atoms with Gasteiger partial charge in [0.1, 0.15) is 17.2 Å². The fraction of sp³-hybridized carbons (Fsp3) is 0.360. The Morgan fingerprint density at radius 1 is 0.906 bits per heavy atom. The highest BCUT2D eigenvalue weighted by molar-refractivity contribution is 6.36. The van der Waals surface area contributed by atoms with Crippen molar-refractivity contribution < 1.29 is 23.8 Å². The van der Waals surface area contributed by atoms with Gasteiger partial charge in [-0.05, 0) is 54.8 Å². The van der Waals surface area contributed by atoms with E-state index in [4.69, 9.17) is 14.2 Å². The molecule has 0 aromatic heterocycles. The van der Waals surface area contributed by atoms with E-state index in [1.54, 1.807) is 12.1 Å². The largest absolute Gasteiger partial charge is 0.494 e. The summed E-state index contributed by atoms with van der Waals surface area (Å²) in [6, 6.07) is 14.5. The predicted molar refractivity (Wildman–Crippen MR) is 124 cm³/mol. The van der Waals surface area contributed by atoms with Crippen LogP contribution in [0.3, 0.4) is 0 Å². The zero-order valence-electron chi connectivity index (χ0n) is 19.0. The fourth-order valence-corrected chi connectivity index (χ4v) is 3.27. The maximum atomic E-state index is 13.2. The molecule has 1 aliphatic rings. The van der Waals surface area contributed by atoms with Crippen LogP contribution in [0.4, 0.5) is 5.69 Å². The number of ether oxygens (including phenoxy) is 3. The van der Waals surface area contributed by atoms with Crippen LogP contribution in [0.15, 0.2) is 54.2 Å². The van der Waals surface area contributed by atoms with Crippen LogP contribution in [0.5, 0.6) is 11.5 Å². The second-order valence-corrected chi connectivity index (χ2v) is 7.82. The standard InChI is InChI=1S/C25H30N2O5/c1-5-31-20-12-8-19(9-13-20)26-23-22(24(28)27(25(23)29)14-15-30-4)18-6-10-21(11-7-18)32-16-17(2)3/h6-13,17,26H,5,14-16H2,1-4H3. The highest BCUT2D eigenvalue weighted by Gasteiger charge is 2.39. The minimum Gasteiger partial charge on any atom is -0.494 e. The van der Waals surface area contributed by atoms with Crippen LogP contribution < -0.4 is 14.8 Å². The number of carbonyl (C=O) groups is 2. The molecule has 0 spiro atoms. The highest BCUT2D eigenvalue weighted by atomic mass is 16.5. The molecule has 0 fully saturated rings. The third-order valence-corrected chi connectivity index (χ3v) is 4.85. The van der Waals surface area contributed by atoms with Gasteiger partial charge >= 0.3 is 0 Å². The summed E-state index contributed by atoms with van der Waals surface area (Å²) in [7, 11) is 1.54. The van der Waals surface area contributed by atoms with Crippen LogP contribution in [-0.4, -0.2) is 50.2 Å². The smallest absolute Gasteiger partial charge is 0.278 e. The molecular formula is C25H30N2O5. The molecule has 0 atom stereocenters. The number of amides is 2. The normalized spacial score (nSPS) is 13.8. The number of imide groups is 1. The number of rotatable bonds is 11. The number of nitrogens with zero attached hydrogens (tertiary/aromatic N) is 1. The molecule has 0 aliphatic carbocycles. The monoisotopic (exact) mass is 438 g/mol. The zero-order chi connectivity index (χ0) is 23.1. The zero-order valence-corrected chi connectivity index (χ0v) is 19.0. The van der Waals surface area contributed by atoms with E-state index >= 15 is 0 Å². The van der Waals surface area contributed by atoms with E-state index in [0.29, 0.717) is 36.0 Å². The summed E-state index contributed by atoms with van der Waals surface area (Å²) in [6.07, 6.45) is 0. The minimum atomic E-state index is -0.379. The van der Waals surface area contributed by atoms with Crippen molar-refractivity contribution in [2.24, 2.45) is 5.92 Å². The van der Waals surface area contributed by atoms with E-state index in [9.17, 15) is 9.59 Å². The molecule has 0 bridgehead atoms. The van der Waals surface area contributed by atoms with Gasteiger partial charge in [-0.15, -0.1) is 0 Å². The molecule has 0 saturated carbocycles. The molecule has 7 heteroatoms. The molecule has 3 rings (SSSR count). The maximum Gasteiger partial charge on any atom is 0.278 e. The molecule has 2 amide bonds. The SMILES string of the molecule is CCOc1ccc(NC2=C(c3ccc(OCC(C)C)cc3)C(=O)N(CCOC)C2=O)cc1. The van der Waals surface area contributed by atoms with Gasteiger partial charge in [-0.3, -0.25) is 14.5 Å². The minimum absolute atomic E-state index is 0.182. The van der Waals surface area contributed by atoms with Crippen molar-refractivity contribution in [1.82, 2.24) is 4.90 Å². The van der Waals surface area contributed by atoms with Crippen LogP contribution in [-0.2, 0) is 14.3 Å². The van der Waals surface area contributed by atoms with Gasteiger partial charge < -0.3 is 19.5 Å². The van der Waals surface area contributed by atoms with Gasteiger partial charge in [-0.1, -0.05) is 26.0 Å². The average Bonchev–Trinajstić information content (AvgIpc) is 3.01. The van der Waals surface area contributed by atoms with E-state index in [0.717, 1.165) is 11.5 Å². The van der Waals surface area contributed by atoms with Crippen LogP contribution in [0.25, 0.3) is 5.57 Å². The van der Waals surface area contributed by atoms with Crippen molar-refractivity contribution in [1.29, 1.82) is 0 Å². The van der Waals surface area contributed by atoms with Crippen molar-refractivity contribution in [2.75, 3.05) is 38.8 Å². The summed E-state index contributed by atoms with van der Waals surface area (Å²) < 4.78 is 16.3. The molecule has 0 radical (unpaired) electrons. The number of hydrogen-bond acceptors (Lipinski definition) is 6. The molecule has 2 aromatic rings. The lowest BCUT2D eigenvalue weighted by molar-refractivity contribution is -0.137. The van der Waals surface area contributed by atoms with Crippen LogP contribution in [0.2, 0.25) is 0 Å². The topological polar surface area (TPSA) is 77.1 Å². The molecule has 170 valence electrons. The Morgan fingerprint density at radius 2 is 1.53 bits per heavy atom. The first kappa shape index (κ1) is 23.3. The molecular weight excluding hydrogens is 408 g/mol. The number of carbonyl (C=O) groups excluding carboxylic acids is 2. The summed E-state index contributed by atoms with van der Waals surface area (Å²) in [5.41, 5.74) is 1.91. The van der Waals surface area contributed by atoms with Gasteiger partial charge in [0.05, 0.1) is 31.9 Å². The van der Waals surface area contributed by atoms with E-state index in [1.165, 1.54) is 12.0 Å². The molecule has 1 N–H and O–H groups in total. The lowest BCUT2D eigenvalue weighted by atomic mass is 10.0. The van der Waals surface area contributed by atoms with E-state index in [2.05, 4.69) is 19.2 Å². The molecule has 7 nitrogen and oxygen atoms in total. The van der Waals surface area contributed by atoms with Crippen molar-refractivity contribution in [2.45, 2.75) is 20.8 Å². The molecule has 1 heterocycles. The summed E-state index contributed by atoms with van der Waals surface area (Å²) in [5, 5.41) is 3.14. The first-order chi connectivity index (χ1) is 15.4. The Hall–Kier alpha value is -3.32. The number of nitrogens with one attached hydrogen (secondary N) is 1. The Balaban J connectivity index is 1.91. The van der Waals surface area contributed by atoms with Crippen molar-refractivity contribution in [3.63, 3.8) is 0 Å². The average molecular weight is 439 g/mol. The second kappa shape index (κ2) is 10.8. The molecule has 1 aliphatic heterocycles.